The van der Waals surface area contributed by atoms with Crippen LogP contribution in [0.25, 0.3) is 11.1 Å². The van der Waals surface area contributed by atoms with Gasteiger partial charge in [0.05, 0.1) is 0 Å². The molecule has 0 radical (unpaired) electrons. The minimum absolute atomic E-state index is 1.13. The van der Waals surface area contributed by atoms with Crippen molar-refractivity contribution in [3.8, 4) is 0 Å². The number of benzene rings is 1. The molecular formula is C17H24. The first-order valence-electron chi connectivity index (χ1n) is 6.40. The van der Waals surface area contributed by atoms with Crippen LogP contribution in [0, 0.1) is 6.92 Å². The molecule has 0 bridgehead atoms. The molecule has 0 saturated carbocycles. The lowest BCUT2D eigenvalue weighted by molar-refractivity contribution is 0.906. The van der Waals surface area contributed by atoms with Gasteiger partial charge in [-0.2, -0.15) is 0 Å². The maximum Gasteiger partial charge on any atom is -0.0198 e. The van der Waals surface area contributed by atoms with E-state index in [1.807, 2.05) is 0 Å². The quantitative estimate of drug-likeness (QED) is 0.627. The van der Waals surface area contributed by atoms with Gasteiger partial charge in [0.2, 0.25) is 0 Å². The summed E-state index contributed by atoms with van der Waals surface area (Å²) in [6.07, 6.45) is 2.40. The molecule has 0 unspecified atom stereocenters. The number of allylic oxidation sites excluding steroid dienone is 3. The minimum Gasteiger partial charge on any atom is -0.0955 e. The highest BCUT2D eigenvalue weighted by Crippen LogP contribution is 2.26. The molecule has 17 heavy (non-hydrogen) atoms. The van der Waals surface area contributed by atoms with Crippen LogP contribution < -0.4 is 0 Å². The van der Waals surface area contributed by atoms with Crippen molar-refractivity contribution in [2.45, 2.75) is 47.5 Å². The first-order chi connectivity index (χ1) is 7.97. The van der Waals surface area contributed by atoms with Crippen LogP contribution in [0.5, 0.6) is 0 Å². The fourth-order valence-corrected chi connectivity index (χ4v) is 2.14. The zero-order valence-electron chi connectivity index (χ0n) is 11.9. The molecule has 0 atom stereocenters. The van der Waals surface area contributed by atoms with Crippen LogP contribution >= 0.6 is 0 Å². The Labute approximate surface area is 106 Å². The summed E-state index contributed by atoms with van der Waals surface area (Å²) in [5.41, 5.74) is 8.02. The van der Waals surface area contributed by atoms with E-state index in [2.05, 4.69) is 59.4 Å². The van der Waals surface area contributed by atoms with E-state index in [0.29, 0.717) is 0 Å². The minimum atomic E-state index is 1.13. The van der Waals surface area contributed by atoms with E-state index in [9.17, 15) is 0 Å². The standard InChI is InChI=1S/C17H24/c1-7-8-13(4)15(6)17-10-9-16(12(2)3)11-14(17)5/h9-11H,2,7-8H2,1,3-6H3/b15-13+. The van der Waals surface area contributed by atoms with Crippen molar-refractivity contribution in [1.29, 1.82) is 0 Å². The third-order valence-electron chi connectivity index (χ3n) is 3.39. The smallest absolute Gasteiger partial charge is 0.0198 e. The van der Waals surface area contributed by atoms with E-state index >= 15 is 0 Å². The van der Waals surface area contributed by atoms with Gasteiger partial charge in [-0.05, 0) is 56.4 Å². The van der Waals surface area contributed by atoms with Gasteiger partial charge in [0.25, 0.3) is 0 Å². The summed E-state index contributed by atoms with van der Waals surface area (Å²) in [5, 5.41) is 0. The molecule has 1 rings (SSSR count). The highest BCUT2D eigenvalue weighted by atomic mass is 14.1. The summed E-state index contributed by atoms with van der Waals surface area (Å²) in [5.74, 6) is 0. The SMILES string of the molecule is C=C(C)c1ccc(/C(C)=C(\C)CCC)c(C)c1. The second-order valence-corrected chi connectivity index (χ2v) is 4.97. The second-order valence-electron chi connectivity index (χ2n) is 4.97. The maximum atomic E-state index is 3.99. The number of hydrogen-bond donors (Lipinski definition) is 0. The van der Waals surface area contributed by atoms with E-state index in [1.165, 1.54) is 40.7 Å². The maximum absolute atomic E-state index is 3.99. The van der Waals surface area contributed by atoms with Crippen molar-refractivity contribution in [3.05, 3.63) is 47.0 Å². The monoisotopic (exact) mass is 228 g/mol. The lowest BCUT2D eigenvalue weighted by Crippen LogP contribution is -1.91. The molecule has 0 heterocycles. The number of hydrogen-bond acceptors (Lipinski definition) is 0. The normalized spacial score (nSPS) is 12.3. The van der Waals surface area contributed by atoms with E-state index in [-0.39, 0.29) is 0 Å². The van der Waals surface area contributed by atoms with Gasteiger partial charge in [0, 0.05) is 0 Å². The van der Waals surface area contributed by atoms with Crippen molar-refractivity contribution >= 4 is 11.1 Å². The molecule has 0 heteroatoms. The predicted octanol–water partition coefficient (Wildman–Crippen LogP) is 5.62. The molecule has 1 aromatic rings. The summed E-state index contributed by atoms with van der Waals surface area (Å²) in [6.45, 7) is 14.9. The van der Waals surface area contributed by atoms with Crippen molar-refractivity contribution in [2.75, 3.05) is 0 Å². The molecule has 0 aromatic heterocycles. The summed E-state index contributed by atoms with van der Waals surface area (Å²) in [7, 11) is 0. The zero-order valence-corrected chi connectivity index (χ0v) is 11.9. The molecule has 0 saturated heterocycles. The lowest BCUT2D eigenvalue weighted by atomic mass is 9.93. The van der Waals surface area contributed by atoms with Gasteiger partial charge in [-0.25, -0.2) is 0 Å². The van der Waals surface area contributed by atoms with Gasteiger partial charge < -0.3 is 0 Å². The molecule has 0 spiro atoms. The summed E-state index contributed by atoms with van der Waals surface area (Å²) < 4.78 is 0. The average molecular weight is 228 g/mol. The topological polar surface area (TPSA) is 0 Å². The summed E-state index contributed by atoms with van der Waals surface area (Å²) in [6, 6.07) is 6.64. The Morgan fingerprint density at radius 3 is 2.29 bits per heavy atom. The molecule has 92 valence electrons. The van der Waals surface area contributed by atoms with Crippen LogP contribution in [0.4, 0.5) is 0 Å². The first kappa shape index (κ1) is 13.8. The van der Waals surface area contributed by atoms with Crippen molar-refractivity contribution < 1.29 is 0 Å². The fraction of sp³-hybridized carbons (Fsp3) is 0.412. The summed E-state index contributed by atoms with van der Waals surface area (Å²) >= 11 is 0. The Morgan fingerprint density at radius 1 is 1.18 bits per heavy atom. The molecule has 1 aromatic carbocycles. The third-order valence-corrected chi connectivity index (χ3v) is 3.39. The number of rotatable bonds is 4. The van der Waals surface area contributed by atoms with Crippen molar-refractivity contribution in [1.82, 2.24) is 0 Å². The van der Waals surface area contributed by atoms with Crippen LogP contribution in [0.3, 0.4) is 0 Å². The Hall–Kier alpha value is -1.30. The predicted molar refractivity (Wildman–Crippen MR) is 79.1 cm³/mol. The van der Waals surface area contributed by atoms with Gasteiger partial charge in [-0.15, -0.1) is 0 Å². The van der Waals surface area contributed by atoms with E-state index in [1.54, 1.807) is 0 Å². The van der Waals surface area contributed by atoms with Crippen molar-refractivity contribution in [2.24, 2.45) is 0 Å². The largest absolute Gasteiger partial charge is 0.0955 e. The first-order valence-corrected chi connectivity index (χ1v) is 6.40. The van der Waals surface area contributed by atoms with Crippen LogP contribution in [0.15, 0.2) is 30.4 Å². The Bertz CT molecular complexity index is 447. The second kappa shape index (κ2) is 5.86. The zero-order chi connectivity index (χ0) is 13.0. The molecule has 0 fully saturated rings. The van der Waals surface area contributed by atoms with Crippen molar-refractivity contribution in [3.63, 3.8) is 0 Å². The van der Waals surface area contributed by atoms with E-state index in [4.69, 9.17) is 0 Å². The fourth-order valence-electron chi connectivity index (χ4n) is 2.14. The van der Waals surface area contributed by atoms with Gasteiger partial charge in [-0.3, -0.25) is 0 Å². The van der Waals surface area contributed by atoms with Gasteiger partial charge in [-0.1, -0.05) is 49.3 Å². The van der Waals surface area contributed by atoms with Crippen LogP contribution in [0.1, 0.15) is 57.2 Å². The molecule has 0 aliphatic carbocycles. The number of aryl methyl sites for hydroxylation is 1. The average Bonchev–Trinajstić information content (AvgIpc) is 2.28. The highest BCUT2D eigenvalue weighted by molar-refractivity contribution is 5.72. The Balaban J connectivity index is 3.16. The van der Waals surface area contributed by atoms with Gasteiger partial charge in [0.1, 0.15) is 0 Å². The Morgan fingerprint density at radius 2 is 1.82 bits per heavy atom. The molecular weight excluding hydrogens is 204 g/mol. The molecule has 0 nitrogen and oxygen atoms in total. The third kappa shape index (κ3) is 3.33. The van der Waals surface area contributed by atoms with E-state index < -0.39 is 0 Å². The van der Waals surface area contributed by atoms with Gasteiger partial charge in [0.15, 0.2) is 0 Å². The molecule has 0 aliphatic rings. The van der Waals surface area contributed by atoms with Crippen LogP contribution in [-0.4, -0.2) is 0 Å². The highest BCUT2D eigenvalue weighted by Gasteiger charge is 2.05. The molecule has 0 aliphatic heterocycles. The van der Waals surface area contributed by atoms with E-state index in [0.717, 1.165) is 5.57 Å². The van der Waals surface area contributed by atoms with Crippen LogP contribution in [0.2, 0.25) is 0 Å². The van der Waals surface area contributed by atoms with Gasteiger partial charge >= 0.3 is 0 Å². The molecule has 0 amide bonds. The lowest BCUT2D eigenvalue weighted by Gasteiger charge is -2.12. The molecule has 0 N–H and O–H groups in total. The van der Waals surface area contributed by atoms with Crippen LogP contribution in [-0.2, 0) is 0 Å². The summed E-state index contributed by atoms with van der Waals surface area (Å²) in [4.78, 5) is 0. The Kier molecular flexibility index (Phi) is 4.74.